The van der Waals surface area contributed by atoms with Crippen LogP contribution < -0.4 is 10.2 Å². The van der Waals surface area contributed by atoms with Gasteiger partial charge in [0.15, 0.2) is 0 Å². The predicted octanol–water partition coefficient (Wildman–Crippen LogP) is 1.80. The van der Waals surface area contributed by atoms with Gasteiger partial charge in [-0.3, -0.25) is 4.79 Å². The van der Waals surface area contributed by atoms with Crippen LogP contribution in [0.5, 0.6) is 0 Å². The van der Waals surface area contributed by atoms with Gasteiger partial charge in [0, 0.05) is 23.8 Å². The number of anilines is 1. The number of para-hydroxylation sites is 1. The highest BCUT2D eigenvalue weighted by Crippen LogP contribution is 2.21. The lowest BCUT2D eigenvalue weighted by molar-refractivity contribution is 0.0986. The van der Waals surface area contributed by atoms with E-state index in [2.05, 4.69) is 5.32 Å². The van der Waals surface area contributed by atoms with Crippen LogP contribution in [0.4, 0.5) is 5.69 Å². The predicted molar refractivity (Wildman–Crippen MR) is 100 cm³/mol. The summed E-state index contributed by atoms with van der Waals surface area (Å²) >= 11 is 6.00. The van der Waals surface area contributed by atoms with E-state index in [1.807, 2.05) is 24.3 Å². The van der Waals surface area contributed by atoms with Gasteiger partial charge >= 0.3 is 0 Å². The monoisotopic (exact) mass is 373 g/mol. The van der Waals surface area contributed by atoms with E-state index in [0.29, 0.717) is 17.3 Å². The molecule has 7 heteroatoms. The molecule has 6 nitrogen and oxygen atoms in total. The first-order valence-corrected chi connectivity index (χ1v) is 8.50. The Morgan fingerprint density at radius 2 is 1.88 bits per heavy atom. The number of rotatable bonds is 8. The number of halogens is 1. The number of aliphatic hydroxyl groups is 2. The van der Waals surface area contributed by atoms with E-state index >= 15 is 0 Å². The lowest BCUT2D eigenvalue weighted by atomic mass is 10.1. The molecule has 0 atom stereocenters. The van der Waals surface area contributed by atoms with Gasteiger partial charge in [-0.25, -0.2) is 0 Å². The van der Waals surface area contributed by atoms with Crippen LogP contribution in [0.25, 0.3) is 0 Å². The molecular weight excluding hydrogens is 354 g/mol. The Morgan fingerprint density at radius 3 is 2.50 bits per heavy atom. The van der Waals surface area contributed by atoms with E-state index in [0.717, 1.165) is 0 Å². The highest BCUT2D eigenvalue weighted by Gasteiger charge is 2.21. The number of nitriles is 1. The summed E-state index contributed by atoms with van der Waals surface area (Å²) in [5.41, 5.74) is 1.15. The van der Waals surface area contributed by atoms with Crippen molar-refractivity contribution in [2.45, 2.75) is 6.04 Å². The van der Waals surface area contributed by atoms with Gasteiger partial charge in [-0.1, -0.05) is 29.8 Å². The van der Waals surface area contributed by atoms with Gasteiger partial charge in [0.1, 0.15) is 0 Å². The van der Waals surface area contributed by atoms with E-state index < -0.39 is 6.04 Å². The number of aliphatic hydroxyl groups excluding tert-OH is 2. The van der Waals surface area contributed by atoms with Crippen LogP contribution in [0, 0.1) is 11.3 Å². The van der Waals surface area contributed by atoms with Crippen molar-refractivity contribution in [2.75, 3.05) is 31.2 Å². The second kappa shape index (κ2) is 9.90. The largest absolute Gasteiger partial charge is 0.395 e. The molecule has 3 N–H and O–H groups in total. The fourth-order valence-electron chi connectivity index (χ4n) is 2.46. The van der Waals surface area contributed by atoms with Crippen molar-refractivity contribution in [3.05, 3.63) is 64.7 Å². The van der Waals surface area contributed by atoms with Gasteiger partial charge in [0.25, 0.3) is 5.91 Å². The molecule has 1 amide bonds. The van der Waals surface area contributed by atoms with Gasteiger partial charge in [-0.05, 0) is 30.3 Å². The number of carbonyl (C=O) groups is 1. The number of amides is 1. The second-order valence-electron chi connectivity index (χ2n) is 5.61. The average Bonchev–Trinajstić information content (AvgIpc) is 2.68. The maximum atomic E-state index is 13.1. The molecular formula is C19H20ClN3O3. The smallest absolute Gasteiger partial charge is 0.259 e. The molecule has 26 heavy (non-hydrogen) atoms. The van der Waals surface area contributed by atoms with E-state index in [4.69, 9.17) is 21.8 Å². The third kappa shape index (κ3) is 5.04. The van der Waals surface area contributed by atoms with Crippen molar-refractivity contribution >= 4 is 23.2 Å². The molecule has 0 unspecified atom stereocenters. The Morgan fingerprint density at radius 1 is 1.19 bits per heavy atom. The molecule has 0 saturated heterocycles. The number of hydrogen-bond acceptors (Lipinski definition) is 5. The Bertz CT molecular complexity index is 773. The summed E-state index contributed by atoms with van der Waals surface area (Å²) in [6.45, 7) is 0.233. The summed E-state index contributed by atoms with van der Waals surface area (Å²) in [6, 6.07) is 15.2. The summed E-state index contributed by atoms with van der Waals surface area (Å²) in [5, 5.41) is 30.9. The summed E-state index contributed by atoms with van der Waals surface area (Å²) < 4.78 is 0. The van der Waals surface area contributed by atoms with Crippen LogP contribution >= 0.6 is 11.6 Å². The van der Waals surface area contributed by atoms with Crippen LogP contribution in [-0.2, 0) is 0 Å². The van der Waals surface area contributed by atoms with Crippen molar-refractivity contribution in [2.24, 2.45) is 0 Å². The summed E-state index contributed by atoms with van der Waals surface area (Å²) in [7, 11) is 0. The van der Waals surface area contributed by atoms with Crippen molar-refractivity contribution in [3.8, 4) is 6.07 Å². The highest BCUT2D eigenvalue weighted by atomic mass is 35.5. The Hall–Kier alpha value is -2.43. The van der Waals surface area contributed by atoms with Crippen LogP contribution in [0.3, 0.4) is 0 Å². The molecule has 0 aliphatic rings. The Kier molecular flexibility index (Phi) is 7.57. The molecule has 0 spiro atoms. The van der Waals surface area contributed by atoms with Crippen molar-refractivity contribution in [1.82, 2.24) is 5.32 Å². The number of nitrogens with zero attached hydrogens (tertiary/aromatic N) is 2. The topological polar surface area (TPSA) is 96.6 Å². The van der Waals surface area contributed by atoms with Gasteiger partial charge < -0.3 is 20.4 Å². The third-order valence-corrected chi connectivity index (χ3v) is 4.09. The minimum absolute atomic E-state index is 0.206. The molecule has 2 aromatic rings. The van der Waals surface area contributed by atoms with Crippen LogP contribution in [0.1, 0.15) is 15.9 Å². The first-order chi connectivity index (χ1) is 12.6. The van der Waals surface area contributed by atoms with Crippen LogP contribution in [0.2, 0.25) is 5.02 Å². The molecule has 0 bridgehead atoms. The molecule has 0 saturated carbocycles. The molecule has 0 aromatic heterocycles. The average molecular weight is 374 g/mol. The molecule has 0 fully saturated rings. The summed E-state index contributed by atoms with van der Waals surface area (Å²) in [4.78, 5) is 14.6. The van der Waals surface area contributed by atoms with Crippen molar-refractivity contribution < 1.29 is 15.0 Å². The van der Waals surface area contributed by atoms with E-state index in [1.54, 1.807) is 18.2 Å². The summed E-state index contributed by atoms with van der Waals surface area (Å²) in [6.07, 6.45) is 0. The van der Waals surface area contributed by atoms with Crippen molar-refractivity contribution in [3.63, 3.8) is 0 Å². The van der Waals surface area contributed by atoms with Crippen LogP contribution in [-0.4, -0.2) is 48.5 Å². The lowest BCUT2D eigenvalue weighted by Crippen LogP contribution is -2.43. The molecule has 2 rings (SSSR count). The van der Waals surface area contributed by atoms with E-state index in [1.165, 1.54) is 17.0 Å². The zero-order chi connectivity index (χ0) is 18.9. The molecule has 0 heterocycles. The third-order valence-electron chi connectivity index (χ3n) is 3.85. The zero-order valence-electron chi connectivity index (χ0n) is 14.1. The van der Waals surface area contributed by atoms with Gasteiger partial charge in [0.2, 0.25) is 0 Å². The molecule has 0 radical (unpaired) electrons. The molecule has 0 aliphatic heterocycles. The molecule has 136 valence electrons. The van der Waals surface area contributed by atoms with Crippen LogP contribution in [0.15, 0.2) is 48.5 Å². The SMILES string of the molecule is N#Cc1ccc(Cl)cc1C(=O)N(CCNC(CO)CO)c1ccccc1. The van der Waals surface area contributed by atoms with Gasteiger partial charge in [-0.15, -0.1) is 0 Å². The van der Waals surface area contributed by atoms with Gasteiger partial charge in [-0.2, -0.15) is 5.26 Å². The number of carbonyl (C=O) groups excluding carboxylic acids is 1. The fourth-order valence-corrected chi connectivity index (χ4v) is 2.63. The standard InChI is InChI=1S/C19H20ClN3O3/c20-15-7-6-14(11-21)18(10-15)19(26)23(17-4-2-1-3-5-17)9-8-22-16(12-24)13-25/h1-7,10,16,22,24-25H,8-9,12-13H2. The van der Waals surface area contributed by atoms with E-state index in [-0.39, 0.29) is 36.8 Å². The van der Waals surface area contributed by atoms with Crippen molar-refractivity contribution in [1.29, 1.82) is 5.26 Å². The van der Waals surface area contributed by atoms with E-state index in [9.17, 15) is 10.1 Å². The first-order valence-electron chi connectivity index (χ1n) is 8.12. The Balaban J connectivity index is 2.28. The normalized spacial score (nSPS) is 10.6. The highest BCUT2D eigenvalue weighted by molar-refractivity contribution is 6.31. The molecule has 2 aromatic carbocycles. The number of hydrogen-bond donors (Lipinski definition) is 3. The zero-order valence-corrected chi connectivity index (χ0v) is 14.9. The number of nitrogens with one attached hydrogen (secondary N) is 1. The quantitative estimate of drug-likeness (QED) is 0.655. The minimum atomic E-state index is -0.455. The van der Waals surface area contributed by atoms with Gasteiger partial charge in [0.05, 0.1) is 36.5 Å². The second-order valence-corrected chi connectivity index (χ2v) is 6.05. The maximum absolute atomic E-state index is 13.1. The minimum Gasteiger partial charge on any atom is -0.395 e. The Labute approximate surface area is 157 Å². The number of benzene rings is 2. The molecule has 0 aliphatic carbocycles. The maximum Gasteiger partial charge on any atom is 0.259 e. The fraction of sp³-hybridized carbons (Fsp3) is 0.263. The lowest BCUT2D eigenvalue weighted by Gasteiger charge is -2.25. The summed E-state index contributed by atoms with van der Waals surface area (Å²) in [5.74, 6) is -0.346. The first kappa shape index (κ1) is 19.9.